The van der Waals surface area contributed by atoms with Gasteiger partial charge < -0.3 is 10.6 Å². The van der Waals surface area contributed by atoms with Crippen LogP contribution in [0.3, 0.4) is 0 Å². The number of nitrogens with one attached hydrogen (secondary N) is 3. The third-order valence-corrected chi connectivity index (χ3v) is 4.70. The monoisotopic (exact) mass is 329 g/mol. The number of hydrogen-bond donors (Lipinski definition) is 3. The van der Waals surface area contributed by atoms with Crippen molar-refractivity contribution in [3.8, 4) is 0 Å². The van der Waals surface area contributed by atoms with Crippen molar-refractivity contribution in [2.24, 2.45) is 5.92 Å². The normalized spacial score (nSPS) is 20.9. The highest BCUT2D eigenvalue weighted by molar-refractivity contribution is 5.91. The van der Waals surface area contributed by atoms with Crippen LogP contribution in [0.5, 0.6) is 0 Å². The molecule has 0 spiro atoms. The number of aromatic nitrogens is 5. The molecule has 128 valence electrons. The first kappa shape index (κ1) is 15.3. The molecular formula is C16H23N7O. The number of aromatic amines is 1. The molecule has 8 nitrogen and oxygen atoms in total. The molecule has 2 aromatic heterocycles. The Morgan fingerprint density at radius 1 is 1.38 bits per heavy atom. The molecule has 24 heavy (non-hydrogen) atoms. The Balaban J connectivity index is 1.29. The molecule has 3 N–H and O–H groups in total. The van der Waals surface area contributed by atoms with Gasteiger partial charge in [0.15, 0.2) is 5.69 Å². The number of rotatable bonds is 6. The largest absolute Gasteiger partial charge is 0.345 e. The lowest BCUT2D eigenvalue weighted by Gasteiger charge is -2.22. The summed E-state index contributed by atoms with van der Waals surface area (Å²) in [5.74, 6) is 0.965. The molecule has 4 rings (SSSR count). The molecule has 1 saturated heterocycles. The van der Waals surface area contributed by atoms with Crippen LogP contribution < -0.4 is 10.6 Å². The predicted molar refractivity (Wildman–Crippen MR) is 87.3 cm³/mol. The van der Waals surface area contributed by atoms with Crippen molar-refractivity contribution < 1.29 is 4.79 Å². The maximum atomic E-state index is 12.2. The minimum atomic E-state index is -0.203. The molecule has 3 heterocycles. The van der Waals surface area contributed by atoms with Crippen LogP contribution in [0.2, 0.25) is 0 Å². The van der Waals surface area contributed by atoms with Gasteiger partial charge in [0, 0.05) is 12.5 Å². The van der Waals surface area contributed by atoms with Gasteiger partial charge >= 0.3 is 0 Å². The van der Waals surface area contributed by atoms with Crippen LogP contribution in [0.15, 0.2) is 12.3 Å². The van der Waals surface area contributed by atoms with E-state index in [0.717, 1.165) is 31.0 Å². The minimum absolute atomic E-state index is 0.203. The van der Waals surface area contributed by atoms with Crippen LogP contribution in [-0.4, -0.2) is 44.2 Å². The number of carbonyl (C=O) groups excluding carboxylic acids is 1. The molecule has 8 heteroatoms. The standard InChI is InChI=1S/C16H23N7O/c24-16(18-8-13-6-14(20-19-13)12-3-4-12)15-10-23(22-21-15)9-11-2-1-5-17-7-11/h6,10-12,17H,1-5,7-9H2,(H,18,24)(H,19,20)/t11-/m0/s1. The average molecular weight is 329 g/mol. The Hall–Kier alpha value is -2.22. The number of nitrogens with zero attached hydrogens (tertiary/aromatic N) is 4. The van der Waals surface area contributed by atoms with E-state index < -0.39 is 0 Å². The lowest BCUT2D eigenvalue weighted by molar-refractivity contribution is 0.0945. The van der Waals surface area contributed by atoms with Crippen molar-refractivity contribution in [2.75, 3.05) is 13.1 Å². The van der Waals surface area contributed by atoms with Crippen molar-refractivity contribution in [1.29, 1.82) is 0 Å². The van der Waals surface area contributed by atoms with Gasteiger partial charge in [0.05, 0.1) is 24.1 Å². The topological polar surface area (TPSA) is 101 Å². The number of amides is 1. The number of hydrogen-bond acceptors (Lipinski definition) is 5. The molecule has 1 saturated carbocycles. The number of H-pyrrole nitrogens is 1. The lowest BCUT2D eigenvalue weighted by Crippen LogP contribution is -2.32. The molecule has 0 bridgehead atoms. The molecule has 0 aromatic carbocycles. The second kappa shape index (κ2) is 6.72. The van der Waals surface area contributed by atoms with E-state index in [0.29, 0.717) is 24.1 Å². The maximum absolute atomic E-state index is 12.2. The molecule has 1 aliphatic heterocycles. The van der Waals surface area contributed by atoms with Gasteiger partial charge in [-0.25, -0.2) is 0 Å². The highest BCUT2D eigenvalue weighted by Crippen LogP contribution is 2.38. The van der Waals surface area contributed by atoms with E-state index in [9.17, 15) is 4.79 Å². The second-order valence-corrected chi connectivity index (χ2v) is 6.81. The van der Waals surface area contributed by atoms with Gasteiger partial charge in [-0.2, -0.15) is 5.10 Å². The number of piperidine rings is 1. The van der Waals surface area contributed by atoms with E-state index in [-0.39, 0.29) is 5.91 Å². The van der Waals surface area contributed by atoms with Crippen LogP contribution in [-0.2, 0) is 13.1 Å². The molecule has 2 aromatic rings. The molecule has 1 amide bonds. The SMILES string of the molecule is O=C(NCc1cc(C2CC2)n[nH]1)c1cn(C[C@H]2CCCNC2)nn1. The quantitative estimate of drug-likeness (QED) is 0.728. The van der Waals surface area contributed by atoms with Gasteiger partial charge in [0.25, 0.3) is 5.91 Å². The first-order chi connectivity index (χ1) is 11.8. The van der Waals surface area contributed by atoms with Gasteiger partial charge in [0.2, 0.25) is 0 Å². The highest BCUT2D eigenvalue weighted by Gasteiger charge is 2.26. The van der Waals surface area contributed by atoms with Gasteiger partial charge in [-0.05, 0) is 50.8 Å². The Labute approximate surface area is 140 Å². The summed E-state index contributed by atoms with van der Waals surface area (Å²) in [7, 11) is 0. The summed E-state index contributed by atoms with van der Waals surface area (Å²) in [5.41, 5.74) is 2.39. The summed E-state index contributed by atoms with van der Waals surface area (Å²) >= 11 is 0. The second-order valence-electron chi connectivity index (χ2n) is 6.81. The van der Waals surface area contributed by atoms with Gasteiger partial charge in [-0.1, -0.05) is 5.21 Å². The first-order valence-corrected chi connectivity index (χ1v) is 8.71. The van der Waals surface area contributed by atoms with Crippen molar-refractivity contribution in [3.05, 3.63) is 29.3 Å². The molecule has 0 radical (unpaired) electrons. The summed E-state index contributed by atoms with van der Waals surface area (Å²) in [5, 5.41) is 21.6. The Morgan fingerprint density at radius 2 is 2.29 bits per heavy atom. The minimum Gasteiger partial charge on any atom is -0.345 e. The first-order valence-electron chi connectivity index (χ1n) is 8.71. The van der Waals surface area contributed by atoms with Crippen LogP contribution in [0, 0.1) is 5.92 Å². The summed E-state index contributed by atoms with van der Waals surface area (Å²) in [6.07, 6.45) is 6.55. The summed E-state index contributed by atoms with van der Waals surface area (Å²) in [6.45, 7) is 3.33. The summed E-state index contributed by atoms with van der Waals surface area (Å²) in [4.78, 5) is 12.2. The molecule has 1 atom stereocenters. The fourth-order valence-electron chi connectivity index (χ4n) is 3.16. The zero-order valence-electron chi connectivity index (χ0n) is 13.7. The van der Waals surface area contributed by atoms with Crippen LogP contribution in [0.1, 0.15) is 53.5 Å². The highest BCUT2D eigenvalue weighted by atomic mass is 16.2. The zero-order chi connectivity index (χ0) is 16.4. The van der Waals surface area contributed by atoms with Crippen LogP contribution in [0.4, 0.5) is 0 Å². The summed E-state index contributed by atoms with van der Waals surface area (Å²) < 4.78 is 1.77. The van der Waals surface area contributed by atoms with Gasteiger partial charge in [0.1, 0.15) is 0 Å². The maximum Gasteiger partial charge on any atom is 0.273 e. The molecule has 0 unspecified atom stereocenters. The Morgan fingerprint density at radius 3 is 3.08 bits per heavy atom. The van der Waals surface area contributed by atoms with Crippen LogP contribution in [0.25, 0.3) is 0 Å². The van der Waals surface area contributed by atoms with Gasteiger partial charge in [-0.15, -0.1) is 5.10 Å². The zero-order valence-corrected chi connectivity index (χ0v) is 13.7. The third-order valence-electron chi connectivity index (χ3n) is 4.70. The smallest absolute Gasteiger partial charge is 0.273 e. The average Bonchev–Trinajstić information content (AvgIpc) is 3.17. The van der Waals surface area contributed by atoms with Crippen molar-refractivity contribution >= 4 is 5.91 Å². The number of carbonyl (C=O) groups is 1. The summed E-state index contributed by atoms with van der Waals surface area (Å²) in [6, 6.07) is 2.03. The van der Waals surface area contributed by atoms with Crippen molar-refractivity contribution in [1.82, 2.24) is 35.8 Å². The molecule has 2 aliphatic rings. The predicted octanol–water partition coefficient (Wildman–Crippen LogP) is 0.808. The van der Waals surface area contributed by atoms with Crippen molar-refractivity contribution in [2.45, 2.75) is 44.7 Å². The van der Waals surface area contributed by atoms with E-state index in [1.807, 2.05) is 6.07 Å². The lowest BCUT2D eigenvalue weighted by atomic mass is 10.00. The van der Waals surface area contributed by atoms with E-state index in [1.165, 1.54) is 25.7 Å². The fourth-order valence-corrected chi connectivity index (χ4v) is 3.16. The van der Waals surface area contributed by atoms with Crippen LogP contribution >= 0.6 is 0 Å². The fraction of sp³-hybridized carbons (Fsp3) is 0.625. The Kier molecular flexibility index (Phi) is 4.29. The molecule has 2 fully saturated rings. The van der Waals surface area contributed by atoms with Gasteiger partial charge in [-0.3, -0.25) is 14.6 Å². The molecule has 1 aliphatic carbocycles. The van der Waals surface area contributed by atoms with E-state index in [2.05, 4.69) is 31.1 Å². The van der Waals surface area contributed by atoms with E-state index >= 15 is 0 Å². The molecular weight excluding hydrogens is 306 g/mol. The Bertz CT molecular complexity index is 697. The van der Waals surface area contributed by atoms with E-state index in [4.69, 9.17) is 0 Å². The van der Waals surface area contributed by atoms with E-state index in [1.54, 1.807) is 10.9 Å². The van der Waals surface area contributed by atoms with Crippen molar-refractivity contribution in [3.63, 3.8) is 0 Å². The third kappa shape index (κ3) is 3.64.